The maximum absolute atomic E-state index is 9.08. The van der Waals surface area contributed by atoms with Gasteiger partial charge >= 0.3 is 21.2 Å². The molecule has 0 unspecified atom stereocenters. The lowest BCUT2D eigenvalue weighted by molar-refractivity contribution is -0.599. The Balaban J connectivity index is 0.000000597. The molecule has 0 saturated heterocycles. The van der Waals surface area contributed by atoms with Crippen LogP contribution >= 0.6 is 0 Å². The molecule has 0 spiro atoms. The molecule has 0 fully saturated rings. The van der Waals surface area contributed by atoms with E-state index >= 15 is 0 Å². The fourth-order valence-electron chi connectivity index (χ4n) is 2.41. The summed E-state index contributed by atoms with van der Waals surface area (Å²) in [7, 11) is -3.92. The van der Waals surface area contributed by atoms with Gasteiger partial charge in [0.2, 0.25) is 0 Å². The monoisotopic (exact) mass is 488 g/mol. The van der Waals surface area contributed by atoms with Crippen LogP contribution in [0.5, 0.6) is 0 Å². The minimum absolute atomic E-state index is 0.147. The molecule has 3 nitrogen and oxygen atoms in total. The molecule has 0 N–H and O–H groups in total. The van der Waals surface area contributed by atoms with Crippen molar-refractivity contribution in [3.8, 4) is 0 Å². The van der Waals surface area contributed by atoms with Gasteiger partial charge in [-0.2, -0.15) is 0 Å². The van der Waals surface area contributed by atoms with E-state index in [9.17, 15) is 0 Å². The van der Waals surface area contributed by atoms with E-state index in [2.05, 4.69) is 90.1 Å². The van der Waals surface area contributed by atoms with E-state index in [1.807, 2.05) is 0 Å². The van der Waals surface area contributed by atoms with Crippen molar-refractivity contribution in [2.75, 3.05) is 6.26 Å². The Morgan fingerprint density at radius 1 is 0.731 bits per heavy atom. The van der Waals surface area contributed by atoms with Crippen molar-refractivity contribution >= 4 is 10.1 Å². The molecule has 0 heterocycles. The summed E-state index contributed by atoms with van der Waals surface area (Å²) >= 11 is -0.147. The summed E-state index contributed by atoms with van der Waals surface area (Å²) in [5.74, 6) is 0. The summed E-state index contributed by atoms with van der Waals surface area (Å²) in [6, 6.07) is 18.0. The van der Waals surface area contributed by atoms with Gasteiger partial charge in [-0.25, -0.2) is 8.42 Å². The van der Waals surface area contributed by atoms with Crippen molar-refractivity contribution in [3.05, 3.63) is 66.8 Å². The molecule has 2 aromatic carbocycles. The van der Waals surface area contributed by atoms with Gasteiger partial charge in [0, 0.05) is 17.4 Å². The molecule has 0 radical (unpaired) electrons. The lowest BCUT2D eigenvalue weighted by Crippen LogP contribution is -3.62. The van der Waals surface area contributed by atoms with Crippen molar-refractivity contribution in [2.45, 2.75) is 52.4 Å². The second-order valence-corrected chi connectivity index (χ2v) is 12.5. The molecule has 2 rings (SSSR count). The van der Waals surface area contributed by atoms with E-state index in [4.69, 9.17) is 13.0 Å². The van der Waals surface area contributed by atoms with Crippen molar-refractivity contribution in [1.29, 1.82) is 0 Å². The summed E-state index contributed by atoms with van der Waals surface area (Å²) in [5, 5.41) is 0. The van der Waals surface area contributed by atoms with Gasteiger partial charge in [-0.15, -0.1) is 0 Å². The van der Waals surface area contributed by atoms with Crippen LogP contribution in [-0.4, -0.2) is 19.2 Å². The van der Waals surface area contributed by atoms with Crippen molar-refractivity contribution in [3.63, 3.8) is 0 Å². The first-order valence-corrected chi connectivity index (χ1v) is 12.4. The quantitative estimate of drug-likeness (QED) is 0.477. The summed E-state index contributed by atoms with van der Waals surface area (Å²) in [6.07, 6.45) is 0.604. The van der Waals surface area contributed by atoms with Crippen molar-refractivity contribution < 1.29 is 34.2 Å². The van der Waals surface area contributed by atoms with E-state index < -0.39 is 10.1 Å². The fraction of sp³-hybridized carbons (Fsp3) is 0.429. The van der Waals surface area contributed by atoms with E-state index in [1.165, 1.54) is 11.1 Å². The number of hydrogen-bond donors (Lipinski definition) is 0. The molecule has 0 amide bonds. The lowest BCUT2D eigenvalue weighted by atomic mass is 9.87. The molecule has 0 aliphatic carbocycles. The van der Waals surface area contributed by atoms with E-state index in [-0.39, 0.29) is 32.0 Å². The largest absolute Gasteiger partial charge is 0.748 e. The Morgan fingerprint density at radius 3 is 1.27 bits per heavy atom. The zero-order valence-electron chi connectivity index (χ0n) is 16.6. The second kappa shape index (κ2) is 8.85. The topological polar surface area (TPSA) is 57.2 Å². The summed E-state index contributed by atoms with van der Waals surface area (Å²) in [6.45, 7) is 13.9. The molecule has 5 heteroatoms. The number of rotatable bonds is 2. The van der Waals surface area contributed by atoms with Crippen molar-refractivity contribution in [1.82, 2.24) is 0 Å². The van der Waals surface area contributed by atoms with Crippen LogP contribution in [0, 0.1) is 7.14 Å². The maximum Gasteiger partial charge on any atom is 0.358 e. The maximum atomic E-state index is 9.08. The Morgan fingerprint density at radius 2 is 1.00 bits per heavy atom. The van der Waals surface area contributed by atoms with Crippen LogP contribution in [0.3, 0.4) is 0 Å². The van der Waals surface area contributed by atoms with Gasteiger partial charge in [0.15, 0.2) is 7.14 Å². The van der Waals surface area contributed by atoms with Gasteiger partial charge in [-0.05, 0) is 23.0 Å². The smallest absolute Gasteiger partial charge is 0.358 e. The lowest BCUT2D eigenvalue weighted by Gasteiger charge is -2.20. The number of benzene rings is 2. The highest BCUT2D eigenvalue weighted by atomic mass is 127. The third kappa shape index (κ3) is 8.18. The second-order valence-electron chi connectivity index (χ2n) is 8.26. The molecule has 0 saturated carbocycles. The van der Waals surface area contributed by atoms with Crippen LogP contribution in [0.4, 0.5) is 0 Å². The number of halogens is 1. The predicted octanol–water partition coefficient (Wildman–Crippen LogP) is 1.57. The molecular weight excluding hydrogens is 459 g/mol. The normalized spacial score (nSPS) is 12.3. The fourth-order valence-corrected chi connectivity index (χ4v) is 6.37. The Kier molecular flexibility index (Phi) is 7.87. The van der Waals surface area contributed by atoms with Gasteiger partial charge < -0.3 is 4.55 Å². The van der Waals surface area contributed by atoms with Crippen LogP contribution in [0.25, 0.3) is 0 Å². The van der Waals surface area contributed by atoms with Gasteiger partial charge in [0.05, 0.1) is 10.1 Å². The van der Waals surface area contributed by atoms with E-state index in [0.717, 1.165) is 0 Å². The molecule has 0 bridgehead atoms. The van der Waals surface area contributed by atoms with Gasteiger partial charge in [-0.3, -0.25) is 0 Å². The van der Waals surface area contributed by atoms with E-state index in [1.54, 1.807) is 7.14 Å². The molecule has 0 aliphatic heterocycles. The van der Waals surface area contributed by atoms with E-state index in [0.29, 0.717) is 6.26 Å². The molecule has 2 aromatic rings. The first kappa shape index (κ1) is 23.1. The Hall–Kier alpha value is -0.920. The zero-order valence-corrected chi connectivity index (χ0v) is 19.6. The first-order chi connectivity index (χ1) is 11.7. The van der Waals surface area contributed by atoms with Crippen LogP contribution in [0.2, 0.25) is 0 Å². The van der Waals surface area contributed by atoms with Crippen LogP contribution < -0.4 is 21.2 Å². The highest BCUT2D eigenvalue weighted by Crippen LogP contribution is 2.23. The minimum atomic E-state index is -3.92. The Labute approximate surface area is 169 Å². The van der Waals surface area contributed by atoms with Crippen LogP contribution in [0.1, 0.15) is 52.7 Å². The van der Waals surface area contributed by atoms with Crippen molar-refractivity contribution in [2.24, 2.45) is 0 Å². The highest BCUT2D eigenvalue weighted by molar-refractivity contribution is 7.84. The molecule has 26 heavy (non-hydrogen) atoms. The standard InChI is InChI=1S/C20H26I.CH4O3S/c1-19(2,3)15-11-7-9-13-17(15)21-18-14-10-8-12-16(18)20(4,5)6;1-5(2,3)4/h7-14H,1-6H3;1H3,(H,2,3,4)/q+1;/p-1. The summed E-state index contributed by atoms with van der Waals surface area (Å²) in [4.78, 5) is 0. The molecule has 0 aliphatic rings. The highest BCUT2D eigenvalue weighted by Gasteiger charge is 2.30. The third-order valence-electron chi connectivity index (χ3n) is 3.57. The summed E-state index contributed by atoms with van der Waals surface area (Å²) < 4.78 is 30.3. The van der Waals surface area contributed by atoms with Gasteiger partial charge in [-0.1, -0.05) is 77.9 Å². The SMILES string of the molecule is CC(C)(C)c1ccccc1[I+]c1ccccc1C(C)(C)C.CS(=O)(=O)[O-]. The third-order valence-corrected chi connectivity index (χ3v) is 6.61. The molecule has 0 atom stereocenters. The van der Waals surface area contributed by atoms with Crippen LogP contribution in [0.15, 0.2) is 48.5 Å². The average Bonchev–Trinajstić information content (AvgIpc) is 2.44. The molecule has 0 aromatic heterocycles. The predicted molar refractivity (Wildman–Crippen MR) is 103 cm³/mol. The first-order valence-electron chi connectivity index (χ1n) is 8.44. The molecule has 144 valence electrons. The Bertz CT molecular complexity index is 765. The van der Waals surface area contributed by atoms with Crippen LogP contribution in [-0.2, 0) is 20.9 Å². The summed E-state index contributed by atoms with van der Waals surface area (Å²) in [5.41, 5.74) is 3.43. The minimum Gasteiger partial charge on any atom is -0.748 e. The average molecular weight is 488 g/mol. The van der Waals surface area contributed by atoms with Gasteiger partial charge in [0.25, 0.3) is 0 Å². The number of hydrogen-bond acceptors (Lipinski definition) is 3. The zero-order chi connectivity index (χ0) is 20.2. The van der Waals surface area contributed by atoms with Gasteiger partial charge in [0.1, 0.15) is 0 Å². The molecular formula is C21H29IO3S.